The van der Waals surface area contributed by atoms with E-state index in [-0.39, 0.29) is 5.41 Å². The average molecular weight is 443 g/mol. The molecule has 0 atom stereocenters. The number of thioether (sulfide) groups is 1. The number of benzene rings is 1. The molecule has 2 rings (SSSR count). The lowest BCUT2D eigenvalue weighted by Gasteiger charge is -2.33. The molecule has 1 aliphatic rings. The van der Waals surface area contributed by atoms with Crippen molar-refractivity contribution in [3.05, 3.63) is 53.1 Å². The number of aliphatic carboxylic acids is 1. The van der Waals surface area contributed by atoms with Crippen molar-refractivity contribution in [2.45, 2.75) is 83.5 Å². The van der Waals surface area contributed by atoms with Crippen LogP contribution in [0.2, 0.25) is 0 Å². The number of rotatable bonds is 11. The molecule has 0 aliphatic carbocycles. The molecule has 0 unspecified atom stereocenters. The average Bonchev–Trinajstić information content (AvgIpc) is 2.69. The number of carboxylic acids is 1. The first-order valence-electron chi connectivity index (χ1n) is 11.5. The van der Waals surface area contributed by atoms with Crippen molar-refractivity contribution in [2.24, 2.45) is 0 Å². The minimum absolute atomic E-state index is 0.158. The topological polar surface area (TPSA) is 46.5 Å². The Morgan fingerprint density at radius 2 is 1.94 bits per heavy atom. The van der Waals surface area contributed by atoms with Crippen LogP contribution in [0.1, 0.15) is 84.3 Å². The highest BCUT2D eigenvalue weighted by molar-refractivity contribution is 7.99. The van der Waals surface area contributed by atoms with Gasteiger partial charge in [-0.2, -0.15) is 0 Å². The minimum Gasteiger partial charge on any atom is -0.493 e. The van der Waals surface area contributed by atoms with Crippen molar-refractivity contribution >= 4 is 23.3 Å². The lowest BCUT2D eigenvalue weighted by atomic mass is 9.80. The highest BCUT2D eigenvalue weighted by atomic mass is 32.2. The Morgan fingerprint density at radius 1 is 1.19 bits per heavy atom. The molecule has 1 aromatic carbocycles. The van der Waals surface area contributed by atoms with E-state index in [9.17, 15) is 4.79 Å². The second-order valence-electron chi connectivity index (χ2n) is 9.02. The zero-order valence-electron chi connectivity index (χ0n) is 19.8. The molecule has 1 aliphatic heterocycles. The van der Waals surface area contributed by atoms with Gasteiger partial charge in [0.1, 0.15) is 5.75 Å². The molecule has 0 aromatic heterocycles. The van der Waals surface area contributed by atoms with Crippen LogP contribution in [0.15, 0.2) is 46.9 Å². The van der Waals surface area contributed by atoms with Gasteiger partial charge in [-0.25, -0.2) is 4.79 Å². The fourth-order valence-electron chi connectivity index (χ4n) is 3.75. The summed E-state index contributed by atoms with van der Waals surface area (Å²) in [5.41, 5.74) is 4.52. The van der Waals surface area contributed by atoms with Gasteiger partial charge < -0.3 is 9.84 Å². The summed E-state index contributed by atoms with van der Waals surface area (Å²) in [6.45, 7) is 11.5. The van der Waals surface area contributed by atoms with Crippen LogP contribution in [-0.2, 0) is 10.2 Å². The van der Waals surface area contributed by atoms with E-state index < -0.39 is 5.97 Å². The van der Waals surface area contributed by atoms with Crippen LogP contribution in [-0.4, -0.2) is 23.4 Å². The van der Waals surface area contributed by atoms with Gasteiger partial charge in [0.05, 0.1) is 6.61 Å². The fraction of sp³-hybridized carbons (Fsp3) is 0.519. The van der Waals surface area contributed by atoms with Crippen LogP contribution in [0.5, 0.6) is 5.75 Å². The van der Waals surface area contributed by atoms with Gasteiger partial charge in [-0.1, -0.05) is 64.7 Å². The molecule has 0 saturated heterocycles. The van der Waals surface area contributed by atoms with Crippen LogP contribution in [0.25, 0.3) is 5.57 Å². The van der Waals surface area contributed by atoms with Gasteiger partial charge in [-0.05, 0) is 66.7 Å². The van der Waals surface area contributed by atoms with E-state index in [4.69, 9.17) is 9.84 Å². The number of allylic oxidation sites excluding steroid dienone is 5. The third-order valence-electron chi connectivity index (χ3n) is 5.78. The summed E-state index contributed by atoms with van der Waals surface area (Å²) in [5, 5.41) is 8.87. The Morgan fingerprint density at radius 3 is 2.65 bits per heavy atom. The SMILES string of the molecule is CCCCCCCOc1cc2c(cc1C(C)=CC=CC(C)=CC(=O)O)C(C)(C)CCS2. The fourth-order valence-corrected chi connectivity index (χ4v) is 5.27. The van der Waals surface area contributed by atoms with E-state index in [2.05, 4.69) is 39.8 Å². The first-order chi connectivity index (χ1) is 14.7. The maximum absolute atomic E-state index is 10.8. The predicted octanol–water partition coefficient (Wildman–Crippen LogP) is 7.80. The summed E-state index contributed by atoms with van der Waals surface area (Å²) in [7, 11) is 0. The normalized spacial score (nSPS) is 16.4. The molecular formula is C27H38O3S. The number of carboxylic acid groups (broad SMARTS) is 1. The molecule has 1 heterocycles. The van der Waals surface area contributed by atoms with E-state index in [0.29, 0.717) is 5.57 Å². The molecule has 31 heavy (non-hydrogen) atoms. The second-order valence-corrected chi connectivity index (χ2v) is 10.2. The molecule has 4 heteroatoms. The van der Waals surface area contributed by atoms with Crippen LogP contribution < -0.4 is 4.74 Å². The molecule has 0 bridgehead atoms. The van der Waals surface area contributed by atoms with Crippen molar-refractivity contribution in [3.63, 3.8) is 0 Å². The van der Waals surface area contributed by atoms with Gasteiger partial charge in [0.25, 0.3) is 0 Å². The van der Waals surface area contributed by atoms with E-state index in [1.165, 1.54) is 48.6 Å². The lowest BCUT2D eigenvalue weighted by Crippen LogP contribution is -2.23. The Kier molecular flexibility index (Phi) is 9.95. The van der Waals surface area contributed by atoms with Crippen LogP contribution in [0, 0.1) is 0 Å². The van der Waals surface area contributed by atoms with Crippen molar-refractivity contribution in [1.29, 1.82) is 0 Å². The third kappa shape index (κ3) is 7.92. The summed E-state index contributed by atoms with van der Waals surface area (Å²) in [6, 6.07) is 4.55. The van der Waals surface area contributed by atoms with Gasteiger partial charge in [-0.15, -0.1) is 11.8 Å². The number of hydrogen-bond donors (Lipinski definition) is 1. The number of fused-ring (bicyclic) bond motifs is 1. The maximum Gasteiger partial charge on any atom is 0.328 e. The van der Waals surface area contributed by atoms with E-state index >= 15 is 0 Å². The lowest BCUT2D eigenvalue weighted by molar-refractivity contribution is -0.131. The molecule has 1 aromatic rings. The quantitative estimate of drug-likeness (QED) is 0.216. The largest absolute Gasteiger partial charge is 0.493 e. The standard InChI is InChI=1S/C27H38O3S/c1-6-7-8-9-10-15-30-24-19-25-23(27(4,5)14-16-31-25)18-22(24)21(3)13-11-12-20(2)17-26(28)29/h11-13,17-19H,6-10,14-16H2,1-5H3,(H,28,29). The second kappa shape index (κ2) is 12.2. The van der Waals surface area contributed by atoms with Crippen molar-refractivity contribution in [3.8, 4) is 5.75 Å². The highest BCUT2D eigenvalue weighted by Crippen LogP contribution is 2.45. The Bertz CT molecular complexity index is 846. The smallest absolute Gasteiger partial charge is 0.328 e. The first kappa shape index (κ1) is 25.3. The van der Waals surface area contributed by atoms with Crippen LogP contribution >= 0.6 is 11.8 Å². The summed E-state index contributed by atoms with van der Waals surface area (Å²) in [5.74, 6) is 1.18. The number of carbonyl (C=O) groups is 1. The van der Waals surface area contributed by atoms with Gasteiger partial charge in [0, 0.05) is 16.5 Å². The van der Waals surface area contributed by atoms with Crippen molar-refractivity contribution < 1.29 is 14.6 Å². The molecule has 170 valence electrons. The van der Waals surface area contributed by atoms with Gasteiger partial charge >= 0.3 is 5.97 Å². The maximum atomic E-state index is 10.8. The van der Waals surface area contributed by atoms with Crippen LogP contribution in [0.3, 0.4) is 0 Å². The Labute approximate surface area is 192 Å². The Hall–Kier alpha value is -1.94. The summed E-state index contributed by atoms with van der Waals surface area (Å²) < 4.78 is 6.29. The zero-order valence-corrected chi connectivity index (χ0v) is 20.6. The van der Waals surface area contributed by atoms with Crippen molar-refractivity contribution in [1.82, 2.24) is 0 Å². The molecule has 0 fully saturated rings. The van der Waals surface area contributed by atoms with E-state index in [1.54, 1.807) is 6.92 Å². The van der Waals surface area contributed by atoms with Crippen LogP contribution in [0.4, 0.5) is 0 Å². The summed E-state index contributed by atoms with van der Waals surface area (Å²) in [6.07, 6.45) is 14.3. The Balaban J connectivity index is 2.28. The van der Waals surface area contributed by atoms with E-state index in [1.807, 2.05) is 30.0 Å². The summed E-state index contributed by atoms with van der Waals surface area (Å²) >= 11 is 1.93. The zero-order chi connectivity index (χ0) is 22.9. The molecular weight excluding hydrogens is 404 g/mol. The summed E-state index contributed by atoms with van der Waals surface area (Å²) in [4.78, 5) is 12.1. The molecule has 0 amide bonds. The monoisotopic (exact) mass is 442 g/mol. The first-order valence-corrected chi connectivity index (χ1v) is 12.4. The van der Waals surface area contributed by atoms with Gasteiger partial charge in [-0.3, -0.25) is 0 Å². The molecule has 3 nitrogen and oxygen atoms in total. The van der Waals surface area contributed by atoms with Crippen molar-refractivity contribution in [2.75, 3.05) is 12.4 Å². The number of unbranched alkanes of at least 4 members (excludes halogenated alkanes) is 4. The highest BCUT2D eigenvalue weighted by Gasteiger charge is 2.29. The molecule has 0 radical (unpaired) electrons. The molecule has 0 saturated carbocycles. The van der Waals surface area contributed by atoms with Gasteiger partial charge in [0.2, 0.25) is 0 Å². The number of hydrogen-bond acceptors (Lipinski definition) is 3. The van der Waals surface area contributed by atoms with E-state index in [0.717, 1.165) is 35.7 Å². The predicted molar refractivity (Wildman–Crippen MR) is 133 cm³/mol. The molecule has 1 N–H and O–H groups in total. The third-order valence-corrected chi connectivity index (χ3v) is 6.84. The number of ether oxygens (including phenoxy) is 1. The minimum atomic E-state index is -0.924. The molecule has 0 spiro atoms. The van der Waals surface area contributed by atoms with Gasteiger partial charge in [0.15, 0.2) is 0 Å².